The molecule has 5 atom stereocenters. The number of nitrogens with zero attached hydrogens (tertiary/aromatic N) is 2. The molecule has 4 unspecified atom stereocenters. The molecule has 0 bridgehead atoms. The summed E-state index contributed by atoms with van der Waals surface area (Å²) in [5.74, 6) is 2.06. The van der Waals surface area contributed by atoms with Crippen LogP contribution < -0.4 is 10.6 Å². The van der Waals surface area contributed by atoms with E-state index in [1.54, 1.807) is 0 Å². The highest BCUT2D eigenvalue weighted by Crippen LogP contribution is 2.43. The molecule has 0 aromatic rings. The van der Waals surface area contributed by atoms with Crippen LogP contribution in [0.4, 0.5) is 0 Å². The molecule has 0 aromatic heterocycles. The molecule has 0 radical (unpaired) electrons. The van der Waals surface area contributed by atoms with Gasteiger partial charge in [-0.2, -0.15) is 0 Å². The summed E-state index contributed by atoms with van der Waals surface area (Å²) in [7, 11) is 0. The molecule has 0 amide bonds. The van der Waals surface area contributed by atoms with Crippen LogP contribution in [0.5, 0.6) is 0 Å². The summed E-state index contributed by atoms with van der Waals surface area (Å²) in [6, 6.07) is 0.477. The SMILES string of the molecule is C.CC(C)[C@H](CN1CCC(C2C=CC(Cl)CC2)C(C)(C)C1)NC1NC=C(CN2CCOCC2)S1.O.O.O. The highest BCUT2D eigenvalue weighted by Gasteiger charge is 2.40. The van der Waals surface area contributed by atoms with Gasteiger partial charge in [0.15, 0.2) is 0 Å². The van der Waals surface area contributed by atoms with Crippen molar-refractivity contribution in [1.82, 2.24) is 20.4 Å². The molecule has 10 heteroatoms. The predicted molar refractivity (Wildman–Crippen MR) is 159 cm³/mol. The van der Waals surface area contributed by atoms with Gasteiger partial charge in [0.05, 0.1) is 18.6 Å². The molecule has 8 N–H and O–H groups in total. The lowest BCUT2D eigenvalue weighted by atomic mass is 9.65. The molecule has 0 saturated carbocycles. The van der Waals surface area contributed by atoms with E-state index in [2.05, 4.69) is 66.5 Å². The number of piperidine rings is 1. The van der Waals surface area contributed by atoms with Crippen molar-refractivity contribution < 1.29 is 21.2 Å². The van der Waals surface area contributed by atoms with Gasteiger partial charge in [0, 0.05) is 49.9 Å². The monoisotopic (exact) mass is 566 g/mol. The van der Waals surface area contributed by atoms with E-state index in [0.717, 1.165) is 51.7 Å². The van der Waals surface area contributed by atoms with Crippen molar-refractivity contribution in [2.45, 2.75) is 71.3 Å². The minimum Gasteiger partial charge on any atom is -0.412 e. The van der Waals surface area contributed by atoms with Crippen LogP contribution >= 0.6 is 23.4 Å². The molecule has 2 saturated heterocycles. The van der Waals surface area contributed by atoms with E-state index < -0.39 is 0 Å². The molecular formula is C27H55ClN4O4S. The fraction of sp³-hybridized carbons (Fsp3) is 0.852. The van der Waals surface area contributed by atoms with Gasteiger partial charge in [0.2, 0.25) is 0 Å². The van der Waals surface area contributed by atoms with Crippen LogP contribution in [0, 0.1) is 23.2 Å². The lowest BCUT2D eigenvalue weighted by Crippen LogP contribution is -2.55. The number of alkyl halides is 1. The summed E-state index contributed by atoms with van der Waals surface area (Å²) in [4.78, 5) is 6.64. The van der Waals surface area contributed by atoms with E-state index in [9.17, 15) is 0 Å². The Morgan fingerprint density at radius 2 is 1.78 bits per heavy atom. The molecule has 0 aromatic carbocycles. The third-order valence-corrected chi connectivity index (χ3v) is 9.45. The zero-order valence-electron chi connectivity index (χ0n) is 22.6. The van der Waals surface area contributed by atoms with Crippen LogP contribution in [0.15, 0.2) is 23.3 Å². The van der Waals surface area contributed by atoms with Gasteiger partial charge < -0.3 is 31.4 Å². The Bertz CT molecular complexity index is 706. The van der Waals surface area contributed by atoms with E-state index >= 15 is 0 Å². The second-order valence-corrected chi connectivity index (χ2v) is 13.2. The number of thioether (sulfide) groups is 1. The van der Waals surface area contributed by atoms with Gasteiger partial charge >= 0.3 is 0 Å². The Labute approximate surface area is 234 Å². The zero-order chi connectivity index (χ0) is 23.4. The first-order valence-corrected chi connectivity index (χ1v) is 14.3. The Morgan fingerprint density at radius 3 is 2.38 bits per heavy atom. The quantitative estimate of drug-likeness (QED) is 0.342. The van der Waals surface area contributed by atoms with Crippen molar-refractivity contribution >= 4 is 23.4 Å². The maximum absolute atomic E-state index is 6.31. The van der Waals surface area contributed by atoms with Crippen LogP contribution in [0.1, 0.15) is 54.4 Å². The fourth-order valence-electron chi connectivity index (χ4n) is 6.04. The van der Waals surface area contributed by atoms with E-state index in [1.165, 1.54) is 30.8 Å². The number of hydrogen-bond donors (Lipinski definition) is 2. The summed E-state index contributed by atoms with van der Waals surface area (Å²) in [6.45, 7) is 18.0. The van der Waals surface area contributed by atoms with Crippen molar-refractivity contribution in [2.75, 3.05) is 52.5 Å². The molecular weight excluding hydrogens is 512 g/mol. The van der Waals surface area contributed by atoms with Crippen molar-refractivity contribution in [2.24, 2.45) is 23.2 Å². The van der Waals surface area contributed by atoms with Gasteiger partial charge in [-0.25, -0.2) is 0 Å². The minimum atomic E-state index is 0. The number of hydrogen-bond acceptors (Lipinski definition) is 6. The molecule has 8 nitrogen and oxygen atoms in total. The van der Waals surface area contributed by atoms with Crippen molar-refractivity contribution in [3.63, 3.8) is 0 Å². The van der Waals surface area contributed by atoms with Gasteiger partial charge in [0.25, 0.3) is 0 Å². The van der Waals surface area contributed by atoms with Gasteiger partial charge in [-0.05, 0) is 49.0 Å². The smallest absolute Gasteiger partial charge is 0.129 e. The Kier molecular flexibility index (Phi) is 16.5. The van der Waals surface area contributed by atoms with Gasteiger partial charge in [0.1, 0.15) is 5.50 Å². The average molecular weight is 567 g/mol. The van der Waals surface area contributed by atoms with Crippen LogP contribution in [-0.2, 0) is 4.74 Å². The molecule has 220 valence electrons. The van der Waals surface area contributed by atoms with Crippen LogP contribution in [0.25, 0.3) is 0 Å². The predicted octanol–water partition coefficient (Wildman–Crippen LogP) is 2.48. The first-order chi connectivity index (χ1) is 15.8. The maximum Gasteiger partial charge on any atom is 0.129 e. The number of nitrogens with one attached hydrogen (secondary N) is 2. The standard InChI is InChI=1S/C26H45ClN4OS.CH4.3H2O/c1-19(2)24(29-25-28-15-22(33-25)16-30-11-13-32-14-12-30)17-31-10-9-23(26(3,4)18-31)20-5-7-21(27)8-6-20;;;;/h5,7,15,19-21,23-25,28-29H,6,8-14,16-18H2,1-4H3;1H4;3*1H2/t20?,21?,23?,24-,25?;;;;/m0..../s1. The molecule has 1 aliphatic carbocycles. The highest BCUT2D eigenvalue weighted by molar-refractivity contribution is 8.03. The Hall–Kier alpha value is -0.360. The summed E-state index contributed by atoms with van der Waals surface area (Å²) < 4.78 is 5.49. The largest absolute Gasteiger partial charge is 0.412 e. The topological polar surface area (TPSA) is 134 Å². The summed E-state index contributed by atoms with van der Waals surface area (Å²) in [5, 5.41) is 7.75. The number of ether oxygens (including phenoxy) is 1. The number of likely N-dealkylation sites (tertiary alicyclic amines) is 1. The summed E-state index contributed by atoms with van der Waals surface area (Å²) in [6.07, 6.45) is 10.6. The van der Waals surface area contributed by atoms with E-state index in [-0.39, 0.29) is 34.7 Å². The van der Waals surface area contributed by atoms with Crippen LogP contribution in [0.3, 0.4) is 0 Å². The molecule has 3 heterocycles. The van der Waals surface area contributed by atoms with Gasteiger partial charge in [-0.15, -0.1) is 11.6 Å². The first-order valence-electron chi connectivity index (χ1n) is 13.0. The molecule has 37 heavy (non-hydrogen) atoms. The Balaban J connectivity index is 0.00000324. The normalized spacial score (nSPS) is 30.6. The van der Waals surface area contributed by atoms with Gasteiger partial charge in [-0.1, -0.05) is 59.0 Å². The second kappa shape index (κ2) is 16.7. The number of allylic oxidation sites excluding steroid dienone is 2. The number of rotatable bonds is 8. The number of halogens is 1. The minimum absolute atomic E-state index is 0. The highest BCUT2D eigenvalue weighted by atomic mass is 35.5. The van der Waals surface area contributed by atoms with E-state index in [0.29, 0.717) is 23.3 Å². The second-order valence-electron chi connectivity index (χ2n) is 11.4. The lowest BCUT2D eigenvalue weighted by molar-refractivity contribution is 0.0217. The molecule has 4 aliphatic rings. The lowest BCUT2D eigenvalue weighted by Gasteiger charge is -2.48. The van der Waals surface area contributed by atoms with Crippen LogP contribution in [-0.4, -0.2) is 95.6 Å². The molecule has 0 spiro atoms. The molecule has 3 aliphatic heterocycles. The van der Waals surface area contributed by atoms with E-state index in [1.807, 2.05) is 11.8 Å². The van der Waals surface area contributed by atoms with Gasteiger partial charge in [-0.3, -0.25) is 10.2 Å². The fourth-order valence-corrected chi connectivity index (χ4v) is 7.32. The van der Waals surface area contributed by atoms with Crippen molar-refractivity contribution in [1.29, 1.82) is 0 Å². The third kappa shape index (κ3) is 10.3. The molecule has 2 fully saturated rings. The molecule has 4 rings (SSSR count). The van der Waals surface area contributed by atoms with Crippen molar-refractivity contribution in [3.8, 4) is 0 Å². The first kappa shape index (κ1) is 36.6. The van der Waals surface area contributed by atoms with E-state index in [4.69, 9.17) is 16.3 Å². The Morgan fingerprint density at radius 1 is 1.08 bits per heavy atom. The van der Waals surface area contributed by atoms with Crippen LogP contribution in [0.2, 0.25) is 0 Å². The zero-order valence-corrected chi connectivity index (χ0v) is 24.1. The number of morpholine rings is 1. The maximum atomic E-state index is 6.31. The summed E-state index contributed by atoms with van der Waals surface area (Å²) in [5.41, 5.74) is 0.608. The average Bonchev–Trinajstić information content (AvgIpc) is 3.21. The summed E-state index contributed by atoms with van der Waals surface area (Å²) >= 11 is 8.26. The van der Waals surface area contributed by atoms with Crippen molar-refractivity contribution in [3.05, 3.63) is 23.3 Å². The third-order valence-electron chi connectivity index (χ3n) is 8.02.